The van der Waals surface area contributed by atoms with Gasteiger partial charge in [-0.25, -0.2) is 4.39 Å². The quantitative estimate of drug-likeness (QED) is 0.825. The van der Waals surface area contributed by atoms with Crippen molar-refractivity contribution in [2.75, 3.05) is 18.5 Å². The largest absolute Gasteiger partial charge is 0.378 e. The number of nitrogens with two attached hydrogens (primary N) is 1. The third-order valence-electron chi connectivity index (χ3n) is 3.02. The zero-order valence-electron chi connectivity index (χ0n) is 11.1. The van der Waals surface area contributed by atoms with Gasteiger partial charge in [0, 0.05) is 12.3 Å². The Balaban J connectivity index is 1.95. The maximum atomic E-state index is 13.7. The van der Waals surface area contributed by atoms with E-state index < -0.39 is 5.82 Å². The fraction of sp³-hybridized carbons (Fsp3) is 0.400. The van der Waals surface area contributed by atoms with E-state index in [-0.39, 0.29) is 24.1 Å². The molecular formula is C15H17FN2O2. The zero-order valence-corrected chi connectivity index (χ0v) is 11.1. The number of carbonyl (C=O) groups is 1. The average molecular weight is 276 g/mol. The van der Waals surface area contributed by atoms with Crippen molar-refractivity contribution in [2.45, 2.75) is 25.4 Å². The van der Waals surface area contributed by atoms with E-state index in [0.717, 1.165) is 12.8 Å². The van der Waals surface area contributed by atoms with E-state index in [1.54, 1.807) is 6.07 Å². The molecule has 1 heterocycles. The van der Waals surface area contributed by atoms with Crippen molar-refractivity contribution < 1.29 is 13.9 Å². The number of nitrogens with one attached hydrogen (secondary N) is 1. The second-order valence-corrected chi connectivity index (χ2v) is 4.59. The first-order chi connectivity index (χ1) is 9.69. The van der Waals surface area contributed by atoms with E-state index in [4.69, 9.17) is 10.5 Å². The number of ether oxygens (including phenoxy) is 1. The maximum Gasteiger partial charge on any atom is 0.226 e. The second kappa shape index (κ2) is 7.04. The van der Waals surface area contributed by atoms with Gasteiger partial charge in [0.1, 0.15) is 5.82 Å². The molecule has 0 aliphatic carbocycles. The molecule has 0 spiro atoms. The fourth-order valence-corrected chi connectivity index (χ4v) is 2.06. The van der Waals surface area contributed by atoms with Crippen LogP contribution in [0.4, 0.5) is 10.1 Å². The summed E-state index contributed by atoms with van der Waals surface area (Å²) in [5, 5.41) is 2.66. The molecule has 3 N–H and O–H groups in total. The van der Waals surface area contributed by atoms with Gasteiger partial charge in [-0.05, 0) is 31.0 Å². The predicted molar refractivity (Wildman–Crippen MR) is 74.6 cm³/mol. The fourth-order valence-electron chi connectivity index (χ4n) is 2.06. The lowest BCUT2D eigenvalue weighted by atomic mass is 10.1. The standard InChI is InChI=1S/C15H17FN2O2/c16-14-9-12(6-5-11(14)3-1-7-17)18-15(19)10-13-4-2-8-20-13/h5-6,9,13H,2,4,7-8,10,17H2,(H,18,19). The Labute approximate surface area is 117 Å². The number of amides is 1. The SMILES string of the molecule is NCC#Cc1ccc(NC(=O)CC2CCCO2)cc1F. The summed E-state index contributed by atoms with van der Waals surface area (Å²) in [4.78, 5) is 11.8. The maximum absolute atomic E-state index is 13.7. The Morgan fingerprint density at radius 3 is 3.05 bits per heavy atom. The molecule has 20 heavy (non-hydrogen) atoms. The molecule has 4 nitrogen and oxygen atoms in total. The Hall–Kier alpha value is -1.90. The second-order valence-electron chi connectivity index (χ2n) is 4.59. The zero-order chi connectivity index (χ0) is 14.4. The predicted octanol–water partition coefficient (Wildman–Crippen LogP) is 1.64. The smallest absolute Gasteiger partial charge is 0.226 e. The summed E-state index contributed by atoms with van der Waals surface area (Å²) >= 11 is 0. The molecule has 106 valence electrons. The molecule has 0 aromatic heterocycles. The molecule has 1 amide bonds. The Kier molecular flexibility index (Phi) is 5.10. The van der Waals surface area contributed by atoms with E-state index in [2.05, 4.69) is 17.2 Å². The summed E-state index contributed by atoms with van der Waals surface area (Å²) in [5.74, 6) is 4.58. The highest BCUT2D eigenvalue weighted by Crippen LogP contribution is 2.18. The lowest BCUT2D eigenvalue weighted by Gasteiger charge is -2.10. The molecule has 1 aliphatic heterocycles. The number of benzene rings is 1. The highest BCUT2D eigenvalue weighted by atomic mass is 19.1. The lowest BCUT2D eigenvalue weighted by Crippen LogP contribution is -2.19. The van der Waals surface area contributed by atoms with Crippen LogP contribution in [0.15, 0.2) is 18.2 Å². The summed E-state index contributed by atoms with van der Waals surface area (Å²) in [6.45, 7) is 0.889. The van der Waals surface area contributed by atoms with E-state index >= 15 is 0 Å². The van der Waals surface area contributed by atoms with E-state index in [1.165, 1.54) is 12.1 Å². The Bertz CT molecular complexity index is 543. The average Bonchev–Trinajstić information content (AvgIpc) is 2.90. The minimum atomic E-state index is -0.471. The van der Waals surface area contributed by atoms with Gasteiger partial charge in [0.25, 0.3) is 0 Å². The lowest BCUT2D eigenvalue weighted by molar-refractivity contribution is -0.118. The van der Waals surface area contributed by atoms with Gasteiger partial charge in [-0.2, -0.15) is 0 Å². The number of halogens is 1. The first kappa shape index (κ1) is 14.5. The van der Waals surface area contributed by atoms with Crippen LogP contribution in [-0.4, -0.2) is 25.2 Å². The third-order valence-corrected chi connectivity index (χ3v) is 3.02. The van der Waals surface area contributed by atoms with E-state index in [0.29, 0.717) is 18.7 Å². The van der Waals surface area contributed by atoms with Crippen LogP contribution >= 0.6 is 0 Å². The van der Waals surface area contributed by atoms with Crippen LogP contribution in [-0.2, 0) is 9.53 Å². The van der Waals surface area contributed by atoms with Crippen molar-refractivity contribution in [2.24, 2.45) is 5.73 Å². The minimum Gasteiger partial charge on any atom is -0.378 e. The molecule has 0 radical (unpaired) electrons. The molecule has 0 saturated carbocycles. The number of rotatable bonds is 3. The van der Waals surface area contributed by atoms with Crippen LogP contribution in [0.1, 0.15) is 24.8 Å². The summed E-state index contributed by atoms with van der Waals surface area (Å²) in [7, 11) is 0. The van der Waals surface area contributed by atoms with Crippen LogP contribution in [0.3, 0.4) is 0 Å². The summed E-state index contributed by atoms with van der Waals surface area (Å²) < 4.78 is 19.1. The molecule has 5 heteroatoms. The van der Waals surface area contributed by atoms with Crippen molar-refractivity contribution >= 4 is 11.6 Å². The molecule has 1 saturated heterocycles. The minimum absolute atomic E-state index is 0.0189. The highest BCUT2D eigenvalue weighted by Gasteiger charge is 2.19. The van der Waals surface area contributed by atoms with Gasteiger partial charge in [-0.3, -0.25) is 4.79 Å². The van der Waals surface area contributed by atoms with Crippen LogP contribution in [0.5, 0.6) is 0 Å². The van der Waals surface area contributed by atoms with Crippen LogP contribution in [0.25, 0.3) is 0 Å². The first-order valence-corrected chi connectivity index (χ1v) is 6.59. The molecule has 1 atom stereocenters. The molecule has 1 fully saturated rings. The van der Waals surface area contributed by atoms with Gasteiger partial charge in [-0.15, -0.1) is 0 Å². The normalized spacial score (nSPS) is 17.4. The van der Waals surface area contributed by atoms with E-state index in [9.17, 15) is 9.18 Å². The van der Waals surface area contributed by atoms with Gasteiger partial charge < -0.3 is 15.8 Å². The van der Waals surface area contributed by atoms with E-state index in [1.807, 2.05) is 0 Å². The van der Waals surface area contributed by atoms with Crippen LogP contribution in [0.2, 0.25) is 0 Å². The molecule has 0 bridgehead atoms. The third kappa shape index (κ3) is 4.05. The number of anilines is 1. The number of hydrogen-bond acceptors (Lipinski definition) is 3. The van der Waals surface area contributed by atoms with Crippen molar-refractivity contribution in [3.8, 4) is 11.8 Å². The molecule has 2 rings (SSSR count). The topological polar surface area (TPSA) is 64.3 Å². The van der Waals surface area contributed by atoms with Gasteiger partial charge >= 0.3 is 0 Å². The van der Waals surface area contributed by atoms with Crippen LogP contribution < -0.4 is 11.1 Å². The van der Waals surface area contributed by atoms with Crippen molar-refractivity contribution in [3.05, 3.63) is 29.6 Å². The summed E-state index contributed by atoms with van der Waals surface area (Å²) in [6, 6.07) is 4.41. The summed E-state index contributed by atoms with van der Waals surface area (Å²) in [6.07, 6.45) is 2.17. The van der Waals surface area contributed by atoms with Gasteiger partial charge in [-0.1, -0.05) is 11.8 Å². The Morgan fingerprint density at radius 1 is 1.55 bits per heavy atom. The monoisotopic (exact) mass is 276 g/mol. The molecule has 1 aromatic carbocycles. The molecule has 1 unspecified atom stereocenters. The molecule has 1 aromatic rings. The van der Waals surface area contributed by atoms with Crippen molar-refractivity contribution in [3.63, 3.8) is 0 Å². The summed E-state index contributed by atoms with van der Waals surface area (Å²) in [5.41, 5.74) is 5.93. The molecular weight excluding hydrogens is 259 g/mol. The highest BCUT2D eigenvalue weighted by molar-refractivity contribution is 5.91. The van der Waals surface area contributed by atoms with Crippen molar-refractivity contribution in [1.82, 2.24) is 0 Å². The van der Waals surface area contributed by atoms with Gasteiger partial charge in [0.05, 0.1) is 24.6 Å². The molecule has 1 aliphatic rings. The van der Waals surface area contributed by atoms with Gasteiger partial charge in [0.15, 0.2) is 0 Å². The van der Waals surface area contributed by atoms with Crippen LogP contribution in [0, 0.1) is 17.7 Å². The van der Waals surface area contributed by atoms with Gasteiger partial charge in [0.2, 0.25) is 5.91 Å². The first-order valence-electron chi connectivity index (χ1n) is 6.59. The number of hydrogen-bond donors (Lipinski definition) is 2. The number of carbonyl (C=O) groups excluding carboxylic acids is 1. The Morgan fingerprint density at radius 2 is 2.40 bits per heavy atom. The van der Waals surface area contributed by atoms with Crippen molar-refractivity contribution in [1.29, 1.82) is 0 Å².